The Morgan fingerprint density at radius 2 is 1.80 bits per heavy atom. The zero-order valence-corrected chi connectivity index (χ0v) is 13.0. The number of halogens is 3. The molecule has 0 radical (unpaired) electrons. The van der Waals surface area contributed by atoms with Crippen molar-refractivity contribution in [2.75, 3.05) is 5.32 Å². The molecule has 0 fully saturated rings. The molecule has 2 aromatic rings. The van der Waals surface area contributed by atoms with Crippen LogP contribution in [0.15, 0.2) is 48.8 Å². The Hall–Kier alpha value is -3.10. The van der Waals surface area contributed by atoms with Gasteiger partial charge >= 0.3 is 18.2 Å². The number of carbonyl (C=O) groups is 2. The molecule has 1 aromatic carbocycles. The maximum absolute atomic E-state index is 12.2. The minimum Gasteiger partial charge on any atom is -0.406 e. The zero-order valence-electron chi connectivity index (χ0n) is 13.0. The molecule has 2 N–H and O–H groups in total. The number of alkyl halides is 3. The Morgan fingerprint density at radius 1 is 1.12 bits per heavy atom. The van der Waals surface area contributed by atoms with Crippen molar-refractivity contribution in [3.63, 3.8) is 0 Å². The van der Waals surface area contributed by atoms with E-state index in [-0.39, 0.29) is 5.69 Å². The van der Waals surface area contributed by atoms with Crippen LogP contribution in [0.3, 0.4) is 0 Å². The molecule has 2 amide bonds. The maximum atomic E-state index is 12.2. The van der Waals surface area contributed by atoms with Gasteiger partial charge in [0.05, 0.1) is 6.04 Å². The number of pyridine rings is 1. The highest BCUT2D eigenvalue weighted by molar-refractivity contribution is 6.39. The number of amides is 2. The van der Waals surface area contributed by atoms with Gasteiger partial charge in [0.1, 0.15) is 5.75 Å². The van der Waals surface area contributed by atoms with Gasteiger partial charge in [-0.3, -0.25) is 14.6 Å². The molecule has 0 saturated carbocycles. The second kappa shape index (κ2) is 7.65. The minimum atomic E-state index is -4.85. The number of benzene rings is 1. The van der Waals surface area contributed by atoms with E-state index in [1.165, 1.54) is 12.1 Å². The number of nitrogens with one attached hydrogen (secondary N) is 2. The molecule has 25 heavy (non-hydrogen) atoms. The fraction of sp³-hybridized carbons (Fsp3) is 0.188. The van der Waals surface area contributed by atoms with Crippen LogP contribution in [0.5, 0.6) is 5.75 Å². The van der Waals surface area contributed by atoms with Crippen molar-refractivity contribution in [2.24, 2.45) is 0 Å². The lowest BCUT2D eigenvalue weighted by Gasteiger charge is -2.14. The molecular formula is C16H14F3N3O3. The molecule has 2 rings (SSSR count). The van der Waals surface area contributed by atoms with E-state index in [0.29, 0.717) is 0 Å². The monoisotopic (exact) mass is 353 g/mol. The van der Waals surface area contributed by atoms with Gasteiger partial charge in [-0.25, -0.2) is 0 Å². The van der Waals surface area contributed by atoms with Crippen molar-refractivity contribution >= 4 is 17.5 Å². The number of ether oxygens (including phenoxy) is 1. The first-order valence-electron chi connectivity index (χ1n) is 7.12. The molecule has 0 bridgehead atoms. The predicted molar refractivity (Wildman–Crippen MR) is 82.5 cm³/mol. The third-order valence-corrected chi connectivity index (χ3v) is 3.09. The summed E-state index contributed by atoms with van der Waals surface area (Å²) in [7, 11) is 0. The van der Waals surface area contributed by atoms with Crippen LogP contribution in [-0.4, -0.2) is 23.2 Å². The van der Waals surface area contributed by atoms with Crippen LogP contribution in [0, 0.1) is 0 Å². The first-order chi connectivity index (χ1) is 11.7. The number of rotatable bonds is 4. The number of carbonyl (C=O) groups excluding carboxylic acids is 2. The highest BCUT2D eigenvalue weighted by Gasteiger charge is 2.31. The van der Waals surface area contributed by atoms with Gasteiger partial charge in [-0.05, 0) is 36.8 Å². The quantitative estimate of drug-likeness (QED) is 0.829. The van der Waals surface area contributed by atoms with Crippen LogP contribution in [-0.2, 0) is 9.59 Å². The second-order valence-electron chi connectivity index (χ2n) is 5.01. The van der Waals surface area contributed by atoms with Gasteiger partial charge in [-0.15, -0.1) is 13.2 Å². The summed E-state index contributed by atoms with van der Waals surface area (Å²) in [6, 6.07) is 7.55. The van der Waals surface area contributed by atoms with Crippen LogP contribution in [0.4, 0.5) is 18.9 Å². The number of hydrogen-bond donors (Lipinski definition) is 2. The van der Waals surface area contributed by atoms with Gasteiger partial charge in [0.15, 0.2) is 0 Å². The molecule has 132 valence electrons. The van der Waals surface area contributed by atoms with E-state index in [1.807, 2.05) is 0 Å². The van der Waals surface area contributed by atoms with Crippen molar-refractivity contribution in [2.45, 2.75) is 19.3 Å². The van der Waals surface area contributed by atoms with Crippen LogP contribution in [0.25, 0.3) is 0 Å². The zero-order chi connectivity index (χ0) is 18.4. The number of aromatic nitrogens is 1. The van der Waals surface area contributed by atoms with Crippen LogP contribution >= 0.6 is 0 Å². The lowest BCUT2D eigenvalue weighted by molar-refractivity contribution is -0.274. The van der Waals surface area contributed by atoms with E-state index in [2.05, 4.69) is 20.4 Å². The number of anilines is 1. The largest absolute Gasteiger partial charge is 0.573 e. The van der Waals surface area contributed by atoms with Gasteiger partial charge in [0.2, 0.25) is 0 Å². The fourth-order valence-electron chi connectivity index (χ4n) is 1.96. The molecule has 0 aliphatic rings. The van der Waals surface area contributed by atoms with Gasteiger partial charge in [0, 0.05) is 24.1 Å². The standard InChI is InChI=1S/C16H14F3N3O3/c1-10(11-5-7-20-8-6-11)21-14(23)15(24)22-12-3-2-4-13(9-12)25-16(17,18)19/h2-10H,1H3,(H,21,23)(H,22,24). The van der Waals surface area contributed by atoms with Gasteiger partial charge in [-0.1, -0.05) is 6.07 Å². The first-order valence-corrected chi connectivity index (χ1v) is 7.12. The smallest absolute Gasteiger partial charge is 0.406 e. The lowest BCUT2D eigenvalue weighted by Crippen LogP contribution is -2.36. The molecule has 0 spiro atoms. The Balaban J connectivity index is 1.97. The highest BCUT2D eigenvalue weighted by Crippen LogP contribution is 2.25. The van der Waals surface area contributed by atoms with Crippen LogP contribution in [0.2, 0.25) is 0 Å². The summed E-state index contributed by atoms with van der Waals surface area (Å²) in [4.78, 5) is 27.6. The van der Waals surface area contributed by atoms with E-state index in [4.69, 9.17) is 0 Å². The fourth-order valence-corrected chi connectivity index (χ4v) is 1.96. The summed E-state index contributed by atoms with van der Waals surface area (Å²) in [5, 5.41) is 4.69. The average molecular weight is 353 g/mol. The van der Waals surface area contributed by atoms with Crippen molar-refractivity contribution in [1.29, 1.82) is 0 Å². The minimum absolute atomic E-state index is 0.00142. The molecule has 9 heteroatoms. The third kappa shape index (κ3) is 5.79. The molecule has 6 nitrogen and oxygen atoms in total. The summed E-state index contributed by atoms with van der Waals surface area (Å²) < 4.78 is 40.3. The normalized spacial score (nSPS) is 12.2. The van der Waals surface area contributed by atoms with Gasteiger partial charge in [-0.2, -0.15) is 0 Å². The van der Waals surface area contributed by atoms with Crippen molar-refractivity contribution in [3.8, 4) is 5.75 Å². The summed E-state index contributed by atoms with van der Waals surface area (Å²) in [5.74, 6) is -2.44. The Morgan fingerprint density at radius 3 is 2.44 bits per heavy atom. The second-order valence-corrected chi connectivity index (χ2v) is 5.01. The molecule has 1 unspecified atom stereocenters. The molecule has 0 aliphatic carbocycles. The van der Waals surface area contributed by atoms with E-state index in [9.17, 15) is 22.8 Å². The van der Waals surface area contributed by atoms with Crippen LogP contribution < -0.4 is 15.4 Å². The van der Waals surface area contributed by atoms with Crippen molar-refractivity contribution in [1.82, 2.24) is 10.3 Å². The van der Waals surface area contributed by atoms with Gasteiger partial charge in [0.25, 0.3) is 0 Å². The summed E-state index contributed by atoms with van der Waals surface area (Å²) in [6.45, 7) is 1.68. The van der Waals surface area contributed by atoms with E-state index >= 15 is 0 Å². The number of nitrogens with zero attached hydrogens (tertiary/aromatic N) is 1. The first kappa shape index (κ1) is 18.2. The Kier molecular flexibility index (Phi) is 5.58. The molecule has 1 heterocycles. The molecule has 0 aliphatic heterocycles. The predicted octanol–water partition coefficient (Wildman–Crippen LogP) is 2.80. The SMILES string of the molecule is CC(NC(=O)C(=O)Nc1cccc(OC(F)(F)F)c1)c1ccncc1. The average Bonchev–Trinajstić information content (AvgIpc) is 2.54. The van der Waals surface area contributed by atoms with Crippen molar-refractivity contribution < 1.29 is 27.5 Å². The Bertz CT molecular complexity index is 751. The van der Waals surface area contributed by atoms with E-state index in [1.54, 1.807) is 31.5 Å². The Labute approximate surface area is 141 Å². The van der Waals surface area contributed by atoms with E-state index < -0.39 is 30.0 Å². The van der Waals surface area contributed by atoms with E-state index in [0.717, 1.165) is 17.7 Å². The lowest BCUT2D eigenvalue weighted by atomic mass is 10.1. The topological polar surface area (TPSA) is 80.3 Å². The van der Waals surface area contributed by atoms with Crippen molar-refractivity contribution in [3.05, 3.63) is 54.4 Å². The molecule has 0 saturated heterocycles. The highest BCUT2D eigenvalue weighted by atomic mass is 19.4. The van der Waals surface area contributed by atoms with Crippen LogP contribution in [0.1, 0.15) is 18.5 Å². The van der Waals surface area contributed by atoms with Gasteiger partial charge < -0.3 is 15.4 Å². The molecular weight excluding hydrogens is 339 g/mol. The third-order valence-electron chi connectivity index (χ3n) is 3.09. The molecule has 1 aromatic heterocycles. The number of hydrogen-bond acceptors (Lipinski definition) is 4. The summed E-state index contributed by atoms with van der Waals surface area (Å²) >= 11 is 0. The summed E-state index contributed by atoms with van der Waals surface area (Å²) in [6.07, 6.45) is -1.76. The maximum Gasteiger partial charge on any atom is 0.573 e. The molecule has 1 atom stereocenters. The summed E-state index contributed by atoms with van der Waals surface area (Å²) in [5.41, 5.74) is 0.746.